The quantitative estimate of drug-likeness (QED) is 0.682. The number of hydrogen-bond donors (Lipinski definition) is 2. The first-order valence-electron chi connectivity index (χ1n) is 5.81. The van der Waals surface area contributed by atoms with Crippen LogP contribution in [0.15, 0.2) is 0 Å². The second kappa shape index (κ2) is 6.43. The Kier molecular flexibility index (Phi) is 5.53. The van der Waals surface area contributed by atoms with E-state index in [9.17, 15) is 0 Å². The molecule has 0 saturated carbocycles. The fourth-order valence-corrected chi connectivity index (χ4v) is 1.93. The van der Waals surface area contributed by atoms with Crippen LogP contribution >= 0.6 is 0 Å². The summed E-state index contributed by atoms with van der Waals surface area (Å²) in [6.45, 7) is 7.37. The molecule has 0 bridgehead atoms. The molecule has 1 aliphatic rings. The molecule has 2 N–H and O–H groups in total. The summed E-state index contributed by atoms with van der Waals surface area (Å²) in [6.07, 6.45) is 1.33. The number of nitrogens with zero attached hydrogens (tertiary/aromatic N) is 1. The molecule has 90 valence electrons. The van der Waals surface area contributed by atoms with Gasteiger partial charge in [-0.05, 0) is 27.3 Å². The summed E-state index contributed by atoms with van der Waals surface area (Å²) < 4.78 is 5.57. The van der Waals surface area contributed by atoms with E-state index >= 15 is 0 Å². The standard InChI is InChI=1S/C11H24N2O2/c1-9-8-15-10(2)6-13(9)5-4-11(7-14)12-3/h9-12,14H,4-8H2,1-3H3. The fraction of sp³-hybridized carbons (Fsp3) is 1.00. The summed E-state index contributed by atoms with van der Waals surface area (Å²) in [7, 11) is 1.90. The summed E-state index contributed by atoms with van der Waals surface area (Å²) in [5.74, 6) is 0. The molecule has 15 heavy (non-hydrogen) atoms. The van der Waals surface area contributed by atoms with Crippen LogP contribution in [0.25, 0.3) is 0 Å². The minimum Gasteiger partial charge on any atom is -0.395 e. The van der Waals surface area contributed by atoms with Gasteiger partial charge in [0.1, 0.15) is 0 Å². The van der Waals surface area contributed by atoms with Crippen LogP contribution in [0.1, 0.15) is 20.3 Å². The van der Waals surface area contributed by atoms with Crippen LogP contribution in [0.2, 0.25) is 0 Å². The fourth-order valence-electron chi connectivity index (χ4n) is 1.93. The van der Waals surface area contributed by atoms with Crippen LogP contribution in [0.5, 0.6) is 0 Å². The topological polar surface area (TPSA) is 44.7 Å². The number of rotatable bonds is 5. The van der Waals surface area contributed by atoms with Crippen LogP contribution < -0.4 is 5.32 Å². The predicted molar refractivity (Wildman–Crippen MR) is 61.0 cm³/mol. The van der Waals surface area contributed by atoms with Gasteiger partial charge in [0, 0.05) is 25.2 Å². The lowest BCUT2D eigenvalue weighted by Crippen LogP contribution is -2.48. The van der Waals surface area contributed by atoms with E-state index in [2.05, 4.69) is 24.1 Å². The molecule has 1 rings (SSSR count). The van der Waals surface area contributed by atoms with Crippen molar-refractivity contribution in [3.05, 3.63) is 0 Å². The summed E-state index contributed by atoms with van der Waals surface area (Å²) >= 11 is 0. The minimum atomic E-state index is 0.213. The molecule has 0 aromatic carbocycles. The van der Waals surface area contributed by atoms with E-state index < -0.39 is 0 Å². The van der Waals surface area contributed by atoms with Gasteiger partial charge in [0.15, 0.2) is 0 Å². The van der Waals surface area contributed by atoms with Crippen LogP contribution in [0.4, 0.5) is 0 Å². The van der Waals surface area contributed by atoms with Crippen LogP contribution in [-0.2, 0) is 4.74 Å². The average Bonchev–Trinajstić information content (AvgIpc) is 2.24. The molecule has 3 atom stereocenters. The third kappa shape index (κ3) is 4.07. The number of nitrogens with one attached hydrogen (secondary N) is 1. The Bertz CT molecular complexity index is 174. The van der Waals surface area contributed by atoms with Crippen LogP contribution in [0, 0.1) is 0 Å². The number of aliphatic hydroxyl groups is 1. The smallest absolute Gasteiger partial charge is 0.0674 e. The zero-order chi connectivity index (χ0) is 11.3. The zero-order valence-corrected chi connectivity index (χ0v) is 10.1. The van der Waals surface area contributed by atoms with E-state index in [1.165, 1.54) is 0 Å². The number of aliphatic hydroxyl groups excluding tert-OH is 1. The summed E-state index contributed by atoms with van der Waals surface area (Å²) in [4.78, 5) is 2.44. The maximum Gasteiger partial charge on any atom is 0.0674 e. The van der Waals surface area contributed by atoms with E-state index in [1.54, 1.807) is 0 Å². The number of likely N-dealkylation sites (N-methyl/N-ethyl adjacent to an activating group) is 1. The number of ether oxygens (including phenoxy) is 1. The molecule has 4 nitrogen and oxygen atoms in total. The van der Waals surface area contributed by atoms with Crippen molar-refractivity contribution in [3.8, 4) is 0 Å². The molecule has 1 saturated heterocycles. The molecule has 0 aliphatic carbocycles. The zero-order valence-electron chi connectivity index (χ0n) is 10.1. The highest BCUT2D eigenvalue weighted by atomic mass is 16.5. The molecule has 0 aromatic rings. The van der Waals surface area contributed by atoms with E-state index in [1.807, 2.05) is 7.05 Å². The van der Waals surface area contributed by atoms with Gasteiger partial charge in [-0.15, -0.1) is 0 Å². The lowest BCUT2D eigenvalue weighted by molar-refractivity contribution is -0.0505. The maximum atomic E-state index is 9.07. The van der Waals surface area contributed by atoms with Crippen LogP contribution in [-0.4, -0.2) is 61.5 Å². The Labute approximate surface area is 92.6 Å². The molecule has 1 fully saturated rings. The van der Waals surface area contributed by atoms with E-state index in [0.717, 1.165) is 26.1 Å². The molecular formula is C11H24N2O2. The van der Waals surface area contributed by atoms with Crippen molar-refractivity contribution >= 4 is 0 Å². The predicted octanol–water partition coefficient (Wildman–Crippen LogP) is 0.0660. The van der Waals surface area contributed by atoms with Gasteiger partial charge < -0.3 is 15.2 Å². The van der Waals surface area contributed by atoms with Gasteiger partial charge in [-0.1, -0.05) is 0 Å². The lowest BCUT2D eigenvalue weighted by Gasteiger charge is -2.37. The van der Waals surface area contributed by atoms with Crippen molar-refractivity contribution < 1.29 is 9.84 Å². The minimum absolute atomic E-state index is 0.213. The number of morpholine rings is 1. The van der Waals surface area contributed by atoms with Gasteiger partial charge in [-0.25, -0.2) is 0 Å². The van der Waals surface area contributed by atoms with Gasteiger partial charge in [-0.2, -0.15) is 0 Å². The molecule has 0 aromatic heterocycles. The Morgan fingerprint density at radius 1 is 1.53 bits per heavy atom. The molecule has 3 unspecified atom stereocenters. The third-order valence-electron chi connectivity index (χ3n) is 3.13. The SMILES string of the molecule is CNC(CO)CCN1CC(C)OCC1C. The van der Waals surface area contributed by atoms with Crippen molar-refractivity contribution in [2.75, 3.05) is 33.4 Å². The summed E-state index contributed by atoms with van der Waals surface area (Å²) in [5.41, 5.74) is 0. The highest BCUT2D eigenvalue weighted by Crippen LogP contribution is 2.11. The van der Waals surface area contributed by atoms with Crippen molar-refractivity contribution in [2.45, 2.75) is 38.5 Å². The molecule has 4 heteroatoms. The molecule has 1 heterocycles. The van der Waals surface area contributed by atoms with E-state index in [0.29, 0.717) is 12.1 Å². The van der Waals surface area contributed by atoms with Crippen molar-refractivity contribution in [1.29, 1.82) is 0 Å². The average molecular weight is 216 g/mol. The van der Waals surface area contributed by atoms with Crippen molar-refractivity contribution in [3.63, 3.8) is 0 Å². The second-order valence-corrected chi connectivity index (χ2v) is 4.44. The molecule has 1 aliphatic heterocycles. The first-order chi connectivity index (χ1) is 7.17. The van der Waals surface area contributed by atoms with Gasteiger partial charge in [-0.3, -0.25) is 4.90 Å². The molecular weight excluding hydrogens is 192 g/mol. The monoisotopic (exact) mass is 216 g/mol. The van der Waals surface area contributed by atoms with Crippen molar-refractivity contribution in [2.24, 2.45) is 0 Å². The van der Waals surface area contributed by atoms with Gasteiger partial charge in [0.2, 0.25) is 0 Å². The van der Waals surface area contributed by atoms with Gasteiger partial charge >= 0.3 is 0 Å². The van der Waals surface area contributed by atoms with Gasteiger partial charge in [0.05, 0.1) is 19.3 Å². The lowest BCUT2D eigenvalue weighted by atomic mass is 10.1. The number of hydrogen-bond acceptors (Lipinski definition) is 4. The van der Waals surface area contributed by atoms with E-state index in [4.69, 9.17) is 9.84 Å². The highest BCUT2D eigenvalue weighted by molar-refractivity contribution is 4.77. The highest BCUT2D eigenvalue weighted by Gasteiger charge is 2.23. The summed E-state index contributed by atoms with van der Waals surface area (Å²) in [5, 5.41) is 12.2. The molecule has 0 spiro atoms. The maximum absolute atomic E-state index is 9.07. The Balaban J connectivity index is 2.29. The third-order valence-corrected chi connectivity index (χ3v) is 3.13. The summed E-state index contributed by atoms with van der Waals surface area (Å²) in [6, 6.07) is 0.716. The van der Waals surface area contributed by atoms with E-state index in [-0.39, 0.29) is 12.6 Å². The first kappa shape index (κ1) is 12.9. The van der Waals surface area contributed by atoms with Crippen molar-refractivity contribution in [1.82, 2.24) is 10.2 Å². The molecule has 0 amide bonds. The normalized spacial score (nSPS) is 30.4. The molecule has 0 radical (unpaired) electrons. The van der Waals surface area contributed by atoms with Crippen LogP contribution in [0.3, 0.4) is 0 Å². The van der Waals surface area contributed by atoms with Gasteiger partial charge in [0.25, 0.3) is 0 Å². The Hall–Kier alpha value is -0.160. The Morgan fingerprint density at radius 3 is 2.87 bits per heavy atom. The Morgan fingerprint density at radius 2 is 2.27 bits per heavy atom. The largest absolute Gasteiger partial charge is 0.395 e. The first-order valence-corrected chi connectivity index (χ1v) is 5.81. The second-order valence-electron chi connectivity index (χ2n) is 4.44.